The van der Waals surface area contributed by atoms with E-state index in [2.05, 4.69) is 19.2 Å². The average Bonchev–Trinajstić information content (AvgIpc) is 2.12. The Labute approximate surface area is 81.8 Å². The molecule has 0 aromatic heterocycles. The first kappa shape index (κ1) is 12.9. The lowest BCUT2D eigenvalue weighted by Gasteiger charge is -2.13. The van der Waals surface area contributed by atoms with Crippen LogP contribution >= 0.6 is 0 Å². The van der Waals surface area contributed by atoms with Gasteiger partial charge in [-0.3, -0.25) is 0 Å². The van der Waals surface area contributed by atoms with Gasteiger partial charge in [0, 0.05) is 18.3 Å². The Balaban J connectivity index is 3.67. The van der Waals surface area contributed by atoms with Crippen LogP contribution in [-0.2, 0) is 9.84 Å². The van der Waals surface area contributed by atoms with E-state index >= 15 is 0 Å². The van der Waals surface area contributed by atoms with Crippen LogP contribution in [0.25, 0.3) is 0 Å². The Bertz CT molecular complexity index is 208. The molecule has 0 amide bonds. The minimum Gasteiger partial charge on any atom is -0.313 e. The van der Waals surface area contributed by atoms with Gasteiger partial charge < -0.3 is 5.32 Å². The predicted octanol–water partition coefficient (Wildman–Crippen LogP) is 1.20. The van der Waals surface area contributed by atoms with Crippen LogP contribution in [0.5, 0.6) is 0 Å². The van der Waals surface area contributed by atoms with Crippen molar-refractivity contribution in [3.63, 3.8) is 0 Å². The lowest BCUT2D eigenvalue weighted by atomic mass is 10.2. The topological polar surface area (TPSA) is 46.2 Å². The monoisotopic (exact) mass is 207 g/mol. The number of sulfone groups is 1. The minimum atomic E-state index is -2.79. The van der Waals surface area contributed by atoms with Gasteiger partial charge in [-0.25, -0.2) is 8.42 Å². The van der Waals surface area contributed by atoms with Gasteiger partial charge in [-0.05, 0) is 12.8 Å². The van der Waals surface area contributed by atoms with Crippen LogP contribution in [0, 0.1) is 0 Å². The smallest absolute Gasteiger partial charge is 0.151 e. The molecule has 0 spiro atoms. The summed E-state index contributed by atoms with van der Waals surface area (Å²) in [5.41, 5.74) is 0. The van der Waals surface area contributed by atoms with Gasteiger partial charge in [0.05, 0.1) is 5.75 Å². The molecule has 0 atom stereocenters. The number of rotatable bonds is 7. The van der Waals surface area contributed by atoms with Crippen molar-refractivity contribution in [1.82, 2.24) is 5.32 Å². The molecule has 3 nitrogen and oxygen atoms in total. The van der Waals surface area contributed by atoms with Gasteiger partial charge >= 0.3 is 0 Å². The molecule has 0 aromatic carbocycles. The molecule has 0 bridgehead atoms. The second kappa shape index (κ2) is 6.38. The van der Waals surface area contributed by atoms with Crippen LogP contribution < -0.4 is 5.32 Å². The number of nitrogens with one attached hydrogen (secondary N) is 1. The average molecular weight is 207 g/mol. The zero-order chi connectivity index (χ0) is 10.3. The van der Waals surface area contributed by atoms with Crippen molar-refractivity contribution in [2.45, 2.75) is 39.7 Å². The molecule has 13 heavy (non-hydrogen) atoms. The van der Waals surface area contributed by atoms with Gasteiger partial charge in [0.25, 0.3) is 0 Å². The van der Waals surface area contributed by atoms with E-state index in [1.807, 2.05) is 0 Å². The Hall–Kier alpha value is -0.0900. The predicted molar refractivity (Wildman–Crippen MR) is 56.7 cm³/mol. The summed E-state index contributed by atoms with van der Waals surface area (Å²) in [5, 5.41) is 3.23. The lowest BCUT2D eigenvalue weighted by molar-refractivity contribution is 0.497. The highest BCUT2D eigenvalue weighted by Gasteiger charge is 2.08. The summed E-state index contributed by atoms with van der Waals surface area (Å²) in [6, 6.07) is 0.465. The van der Waals surface area contributed by atoms with Crippen molar-refractivity contribution >= 4 is 9.84 Å². The van der Waals surface area contributed by atoms with Crippen molar-refractivity contribution in [2.24, 2.45) is 0 Å². The fourth-order valence-electron chi connectivity index (χ4n) is 1.14. The zero-order valence-electron chi connectivity index (χ0n) is 8.84. The molecule has 0 aromatic rings. The quantitative estimate of drug-likeness (QED) is 0.682. The van der Waals surface area contributed by atoms with Gasteiger partial charge in [-0.1, -0.05) is 20.8 Å². The van der Waals surface area contributed by atoms with E-state index in [-0.39, 0.29) is 11.5 Å². The van der Waals surface area contributed by atoms with E-state index in [1.165, 1.54) is 0 Å². The Morgan fingerprint density at radius 2 is 1.69 bits per heavy atom. The molecule has 0 fully saturated rings. The molecule has 80 valence electrons. The molecular formula is C9H21NO2S. The standard InChI is InChI=1S/C9H21NO2S/c1-4-9(5-2)10-7-8-13(11,12)6-3/h9-10H,4-8H2,1-3H3. The first-order valence-corrected chi connectivity index (χ1v) is 6.81. The molecule has 0 rings (SSSR count). The van der Waals surface area contributed by atoms with Crippen molar-refractivity contribution in [1.29, 1.82) is 0 Å². The summed E-state index contributed by atoms with van der Waals surface area (Å²) in [6.07, 6.45) is 2.12. The maximum Gasteiger partial charge on any atom is 0.151 e. The molecule has 0 radical (unpaired) electrons. The Morgan fingerprint density at radius 1 is 1.15 bits per heavy atom. The summed E-state index contributed by atoms with van der Waals surface area (Å²) in [7, 11) is -2.79. The molecule has 0 heterocycles. The Kier molecular flexibility index (Phi) is 6.33. The largest absolute Gasteiger partial charge is 0.313 e. The van der Waals surface area contributed by atoms with Gasteiger partial charge in [0.15, 0.2) is 9.84 Å². The molecule has 0 aliphatic carbocycles. The molecule has 0 saturated heterocycles. The third-order valence-corrected chi connectivity index (χ3v) is 3.98. The molecule has 0 saturated carbocycles. The lowest BCUT2D eigenvalue weighted by Crippen LogP contribution is -2.32. The maximum absolute atomic E-state index is 11.1. The van der Waals surface area contributed by atoms with Crippen LogP contribution in [0.15, 0.2) is 0 Å². The van der Waals surface area contributed by atoms with Gasteiger partial charge in [0.2, 0.25) is 0 Å². The van der Waals surface area contributed by atoms with E-state index in [0.717, 1.165) is 12.8 Å². The molecule has 0 aliphatic heterocycles. The fourth-order valence-corrected chi connectivity index (χ4v) is 1.86. The summed E-state index contributed by atoms with van der Waals surface area (Å²) in [6.45, 7) is 6.49. The van der Waals surface area contributed by atoms with Gasteiger partial charge in [-0.2, -0.15) is 0 Å². The van der Waals surface area contributed by atoms with E-state index in [9.17, 15) is 8.42 Å². The summed E-state index contributed by atoms with van der Waals surface area (Å²) >= 11 is 0. The second-order valence-corrected chi connectivity index (χ2v) is 5.68. The summed E-state index contributed by atoms with van der Waals surface area (Å²) in [4.78, 5) is 0. The number of hydrogen-bond donors (Lipinski definition) is 1. The Morgan fingerprint density at radius 3 is 2.08 bits per heavy atom. The van der Waals surface area contributed by atoms with Crippen LogP contribution in [0.2, 0.25) is 0 Å². The molecule has 0 aliphatic rings. The third-order valence-electron chi connectivity index (χ3n) is 2.27. The minimum absolute atomic E-state index is 0.248. The normalized spacial score (nSPS) is 12.3. The van der Waals surface area contributed by atoms with Crippen molar-refractivity contribution in [3.8, 4) is 0 Å². The maximum atomic E-state index is 11.1. The number of hydrogen-bond acceptors (Lipinski definition) is 3. The summed E-state index contributed by atoms with van der Waals surface area (Å²) in [5.74, 6) is 0.512. The van der Waals surface area contributed by atoms with Crippen LogP contribution in [0.4, 0.5) is 0 Å². The van der Waals surface area contributed by atoms with Gasteiger partial charge in [0.1, 0.15) is 0 Å². The van der Waals surface area contributed by atoms with E-state index < -0.39 is 9.84 Å². The van der Waals surface area contributed by atoms with Crippen molar-refractivity contribution in [2.75, 3.05) is 18.1 Å². The highest BCUT2D eigenvalue weighted by molar-refractivity contribution is 7.91. The van der Waals surface area contributed by atoms with Crippen LogP contribution in [0.3, 0.4) is 0 Å². The molecule has 0 unspecified atom stereocenters. The zero-order valence-corrected chi connectivity index (χ0v) is 9.65. The van der Waals surface area contributed by atoms with Crippen molar-refractivity contribution in [3.05, 3.63) is 0 Å². The molecule has 4 heteroatoms. The van der Waals surface area contributed by atoms with Crippen LogP contribution in [-0.4, -0.2) is 32.5 Å². The highest BCUT2D eigenvalue weighted by atomic mass is 32.2. The second-order valence-electron chi connectivity index (χ2n) is 3.20. The highest BCUT2D eigenvalue weighted by Crippen LogP contribution is 1.96. The van der Waals surface area contributed by atoms with E-state index in [1.54, 1.807) is 6.92 Å². The van der Waals surface area contributed by atoms with E-state index in [4.69, 9.17) is 0 Å². The molecular weight excluding hydrogens is 186 g/mol. The van der Waals surface area contributed by atoms with E-state index in [0.29, 0.717) is 12.6 Å². The third kappa shape index (κ3) is 6.05. The van der Waals surface area contributed by atoms with Gasteiger partial charge in [-0.15, -0.1) is 0 Å². The first-order chi connectivity index (χ1) is 6.05. The van der Waals surface area contributed by atoms with Crippen LogP contribution in [0.1, 0.15) is 33.6 Å². The first-order valence-electron chi connectivity index (χ1n) is 4.99. The molecule has 1 N–H and O–H groups in total. The fraction of sp³-hybridized carbons (Fsp3) is 1.00. The van der Waals surface area contributed by atoms with Crippen molar-refractivity contribution < 1.29 is 8.42 Å². The summed E-state index contributed by atoms with van der Waals surface area (Å²) < 4.78 is 22.2. The SMILES string of the molecule is CCC(CC)NCCS(=O)(=O)CC.